The molecule has 14 heavy (non-hydrogen) atoms. The van der Waals surface area contributed by atoms with Crippen molar-refractivity contribution in [3.8, 4) is 0 Å². The van der Waals surface area contributed by atoms with Gasteiger partial charge in [0.25, 0.3) is 0 Å². The number of fused-ring (bicyclic) bond motifs is 1. The number of hydrogen-bond donors (Lipinski definition) is 3. The molecule has 0 aliphatic heterocycles. The lowest BCUT2D eigenvalue weighted by atomic mass is 10.2. The van der Waals surface area contributed by atoms with Gasteiger partial charge in [-0.1, -0.05) is 0 Å². The average Bonchev–Trinajstić information content (AvgIpc) is 2.20. The van der Waals surface area contributed by atoms with E-state index in [1.807, 2.05) is 0 Å². The Labute approximate surface area is 78.0 Å². The summed E-state index contributed by atoms with van der Waals surface area (Å²) in [5.74, 6) is -0.488. The summed E-state index contributed by atoms with van der Waals surface area (Å²) in [6, 6.07) is 3.84. The first kappa shape index (κ1) is 8.71. The fourth-order valence-electron chi connectivity index (χ4n) is 1.27. The van der Waals surface area contributed by atoms with Crippen molar-refractivity contribution in [3.05, 3.63) is 40.4 Å². The normalized spacial score (nSPS) is 10.4. The molecule has 0 aliphatic carbocycles. The van der Waals surface area contributed by atoms with Crippen molar-refractivity contribution in [1.29, 1.82) is 0 Å². The number of aromatic amines is 1. The van der Waals surface area contributed by atoms with E-state index in [9.17, 15) is 9.18 Å². The Bertz CT molecular complexity index is 536. The van der Waals surface area contributed by atoms with E-state index in [0.717, 1.165) is 6.07 Å². The van der Waals surface area contributed by atoms with Gasteiger partial charge in [0.15, 0.2) is 0 Å². The summed E-state index contributed by atoms with van der Waals surface area (Å²) in [4.78, 5) is 14.3. The largest absolute Gasteiger partial charge is 0.359 e. The second-order valence-electron chi connectivity index (χ2n) is 2.83. The van der Waals surface area contributed by atoms with Crippen LogP contribution in [-0.4, -0.2) is 10.2 Å². The minimum absolute atomic E-state index is 0.0110. The maximum absolute atomic E-state index is 12.8. The van der Waals surface area contributed by atoms with Gasteiger partial charge in [0.1, 0.15) is 11.5 Å². The van der Waals surface area contributed by atoms with Crippen LogP contribution >= 0.6 is 0 Å². The Kier molecular flexibility index (Phi) is 1.94. The Morgan fingerprint density at radius 3 is 2.93 bits per heavy atom. The molecule has 0 amide bonds. The number of benzene rings is 1. The zero-order valence-electron chi connectivity index (χ0n) is 7.04. The highest BCUT2D eigenvalue weighted by Gasteiger charge is 2.04. The van der Waals surface area contributed by atoms with Crippen LogP contribution in [0.15, 0.2) is 29.2 Å². The lowest BCUT2D eigenvalue weighted by Gasteiger charge is -2.00. The van der Waals surface area contributed by atoms with E-state index in [4.69, 9.17) is 5.21 Å². The fourth-order valence-corrected chi connectivity index (χ4v) is 1.27. The first-order chi connectivity index (χ1) is 6.72. The predicted molar refractivity (Wildman–Crippen MR) is 49.9 cm³/mol. The number of hydrogen-bond acceptors (Lipinski definition) is 3. The lowest BCUT2D eigenvalue weighted by molar-refractivity contribution is 0.388. The molecule has 4 nitrogen and oxygen atoms in total. The summed E-state index contributed by atoms with van der Waals surface area (Å²) in [5.41, 5.74) is 1.81. The van der Waals surface area contributed by atoms with Gasteiger partial charge < -0.3 is 4.98 Å². The van der Waals surface area contributed by atoms with E-state index in [1.165, 1.54) is 18.3 Å². The first-order valence-corrected chi connectivity index (χ1v) is 3.93. The first-order valence-electron chi connectivity index (χ1n) is 3.93. The quantitative estimate of drug-likeness (QED) is 0.602. The maximum atomic E-state index is 12.8. The van der Waals surface area contributed by atoms with Crippen LogP contribution in [0.1, 0.15) is 0 Å². The van der Waals surface area contributed by atoms with Gasteiger partial charge in [-0.05, 0) is 18.2 Å². The summed E-state index contributed by atoms with van der Waals surface area (Å²) in [6.07, 6.45) is 1.32. The molecule has 5 heteroatoms. The molecule has 2 rings (SSSR count). The SMILES string of the molecule is O=c1c(NO)c[nH]c2ccc(F)cc12. The number of aromatic nitrogens is 1. The van der Waals surface area contributed by atoms with Crippen LogP contribution in [0.25, 0.3) is 10.9 Å². The molecule has 0 saturated heterocycles. The molecule has 72 valence electrons. The number of rotatable bonds is 1. The molecule has 0 aliphatic rings. The number of nitrogens with one attached hydrogen (secondary N) is 2. The Morgan fingerprint density at radius 1 is 1.43 bits per heavy atom. The molecule has 0 spiro atoms. The molecule has 0 fully saturated rings. The third-order valence-electron chi connectivity index (χ3n) is 1.96. The van der Waals surface area contributed by atoms with Gasteiger partial charge >= 0.3 is 0 Å². The molecule has 1 aromatic heterocycles. The zero-order valence-corrected chi connectivity index (χ0v) is 7.04. The molecule has 3 N–H and O–H groups in total. The van der Waals surface area contributed by atoms with E-state index >= 15 is 0 Å². The highest BCUT2D eigenvalue weighted by Crippen LogP contribution is 2.11. The highest BCUT2D eigenvalue weighted by molar-refractivity contribution is 5.81. The molecular formula is C9H7FN2O2. The number of H-pyrrole nitrogens is 1. The van der Waals surface area contributed by atoms with E-state index in [1.54, 1.807) is 5.48 Å². The van der Waals surface area contributed by atoms with Crippen LogP contribution in [0.4, 0.5) is 10.1 Å². The lowest BCUT2D eigenvalue weighted by Crippen LogP contribution is -2.09. The molecule has 0 saturated carbocycles. The zero-order chi connectivity index (χ0) is 10.1. The predicted octanol–water partition coefficient (Wildman–Crippen LogP) is 1.47. The van der Waals surface area contributed by atoms with Crippen LogP contribution in [0, 0.1) is 5.82 Å². The number of halogens is 1. The van der Waals surface area contributed by atoms with E-state index in [0.29, 0.717) is 5.52 Å². The molecule has 2 aromatic rings. The Balaban J connectivity index is 2.87. The van der Waals surface area contributed by atoms with Crippen molar-refractivity contribution >= 4 is 16.6 Å². The fraction of sp³-hybridized carbons (Fsp3) is 0. The summed E-state index contributed by atoms with van der Waals surface area (Å²) < 4.78 is 12.8. The van der Waals surface area contributed by atoms with Gasteiger partial charge in [-0.3, -0.25) is 15.5 Å². The molecular weight excluding hydrogens is 187 g/mol. The summed E-state index contributed by atoms with van der Waals surface area (Å²) in [5, 5.41) is 8.78. The molecule has 1 heterocycles. The summed E-state index contributed by atoms with van der Waals surface area (Å²) >= 11 is 0. The Morgan fingerprint density at radius 2 is 2.21 bits per heavy atom. The van der Waals surface area contributed by atoms with Crippen molar-refractivity contribution in [1.82, 2.24) is 4.98 Å². The number of anilines is 1. The standard InChI is InChI=1S/C9H7FN2O2/c10-5-1-2-7-6(3-5)9(13)8(12-14)4-11-7/h1-4,12,14H,(H,11,13). The van der Waals surface area contributed by atoms with Crippen molar-refractivity contribution < 1.29 is 9.60 Å². The minimum atomic E-state index is -0.488. The monoisotopic (exact) mass is 194 g/mol. The van der Waals surface area contributed by atoms with Gasteiger partial charge in [0, 0.05) is 11.7 Å². The van der Waals surface area contributed by atoms with Crippen LogP contribution in [0.3, 0.4) is 0 Å². The van der Waals surface area contributed by atoms with Gasteiger partial charge in [-0.15, -0.1) is 0 Å². The molecule has 0 bridgehead atoms. The van der Waals surface area contributed by atoms with Gasteiger partial charge in [-0.2, -0.15) is 0 Å². The minimum Gasteiger partial charge on any atom is -0.359 e. The van der Waals surface area contributed by atoms with Crippen LogP contribution in [0.5, 0.6) is 0 Å². The van der Waals surface area contributed by atoms with E-state index < -0.39 is 11.2 Å². The average molecular weight is 194 g/mol. The molecule has 0 unspecified atom stereocenters. The summed E-state index contributed by atoms with van der Waals surface area (Å²) in [6.45, 7) is 0. The second-order valence-corrected chi connectivity index (χ2v) is 2.83. The third-order valence-corrected chi connectivity index (χ3v) is 1.96. The van der Waals surface area contributed by atoms with Gasteiger partial charge in [0.2, 0.25) is 5.43 Å². The summed E-state index contributed by atoms with van der Waals surface area (Å²) in [7, 11) is 0. The molecule has 0 radical (unpaired) electrons. The van der Waals surface area contributed by atoms with Crippen molar-refractivity contribution in [2.24, 2.45) is 0 Å². The van der Waals surface area contributed by atoms with Gasteiger partial charge in [0.05, 0.1) is 5.39 Å². The van der Waals surface area contributed by atoms with E-state index in [-0.39, 0.29) is 11.1 Å². The van der Waals surface area contributed by atoms with Crippen LogP contribution in [0.2, 0.25) is 0 Å². The highest BCUT2D eigenvalue weighted by atomic mass is 19.1. The van der Waals surface area contributed by atoms with Gasteiger partial charge in [-0.25, -0.2) is 4.39 Å². The molecule has 0 atom stereocenters. The maximum Gasteiger partial charge on any atom is 0.214 e. The van der Waals surface area contributed by atoms with Crippen LogP contribution < -0.4 is 10.9 Å². The van der Waals surface area contributed by atoms with E-state index in [2.05, 4.69) is 4.98 Å². The molecule has 1 aromatic carbocycles. The smallest absolute Gasteiger partial charge is 0.214 e. The third kappa shape index (κ3) is 1.23. The number of pyridine rings is 1. The van der Waals surface area contributed by atoms with Crippen LogP contribution in [-0.2, 0) is 0 Å². The van der Waals surface area contributed by atoms with Crippen molar-refractivity contribution in [2.45, 2.75) is 0 Å². The Hall–Kier alpha value is -1.88. The van der Waals surface area contributed by atoms with Crippen molar-refractivity contribution in [3.63, 3.8) is 0 Å². The topological polar surface area (TPSA) is 65.1 Å². The second kappa shape index (κ2) is 3.12. The van der Waals surface area contributed by atoms with Crippen molar-refractivity contribution in [2.75, 3.05) is 5.48 Å².